The predicted molar refractivity (Wildman–Crippen MR) is 54.3 cm³/mol. The lowest BCUT2D eigenvalue weighted by Crippen LogP contribution is -2.00. The van der Waals surface area contributed by atoms with Crippen LogP contribution in [0.25, 0.3) is 0 Å². The molecule has 0 atom stereocenters. The van der Waals surface area contributed by atoms with Crippen LogP contribution in [0.1, 0.15) is 5.56 Å². The van der Waals surface area contributed by atoms with Gasteiger partial charge in [0, 0.05) is 0 Å². The van der Waals surface area contributed by atoms with Crippen LogP contribution in [-0.2, 0) is 6.54 Å². The zero-order valence-electron chi connectivity index (χ0n) is 8.81. The summed E-state index contributed by atoms with van der Waals surface area (Å²) in [6, 6.07) is 1.65. The molecular weight excluding hydrogens is 251 g/mol. The van der Waals surface area contributed by atoms with Crippen molar-refractivity contribution in [2.45, 2.75) is 6.54 Å². The maximum atomic E-state index is 12.9. The van der Waals surface area contributed by atoms with Crippen molar-refractivity contribution in [2.75, 3.05) is 0 Å². The largest absolute Gasteiger partial charge is 0.381 e. The first-order valence-corrected chi connectivity index (χ1v) is 4.77. The van der Waals surface area contributed by atoms with Gasteiger partial charge in [0.15, 0.2) is 17.5 Å². The maximum absolute atomic E-state index is 12.9. The molecule has 8 heteroatoms. The van der Waals surface area contributed by atoms with E-state index in [0.717, 1.165) is 24.7 Å². The fourth-order valence-electron chi connectivity index (χ4n) is 1.44. The Morgan fingerprint density at radius 1 is 1.28 bits per heavy atom. The highest BCUT2D eigenvalue weighted by Crippen LogP contribution is 2.15. The van der Waals surface area contributed by atoms with E-state index in [1.165, 1.54) is 4.57 Å². The number of aromatic nitrogens is 2. The topological polar surface area (TPSA) is 61.0 Å². The number of halogens is 3. The lowest BCUT2D eigenvalue weighted by atomic mass is 10.2. The third-order valence-electron chi connectivity index (χ3n) is 2.22. The minimum atomic E-state index is -1.55. The number of nitro groups is 1. The van der Waals surface area contributed by atoms with E-state index in [1.54, 1.807) is 0 Å². The fraction of sp³-hybridized carbons (Fsp3) is 0.100. The van der Waals surface area contributed by atoms with Crippen LogP contribution in [0, 0.1) is 27.6 Å². The Morgan fingerprint density at radius 3 is 2.39 bits per heavy atom. The number of hydrogen-bond donors (Lipinski definition) is 0. The Labute approximate surface area is 98.6 Å². The summed E-state index contributed by atoms with van der Waals surface area (Å²) in [6.07, 6.45) is 2.26. The van der Waals surface area contributed by atoms with Gasteiger partial charge in [0.1, 0.15) is 6.20 Å². The van der Waals surface area contributed by atoms with Crippen molar-refractivity contribution in [1.82, 2.24) is 9.55 Å². The smallest absolute Gasteiger partial charge is 0.358 e. The standard InChI is InChI=1S/C10H6F3N3O2/c11-7-1-6(2-8(12)10(7)13)3-15-4-9(14-5-15)16(17)18/h1-2,4-5H,3H2. The highest BCUT2D eigenvalue weighted by atomic mass is 19.2. The molecule has 2 rings (SSSR count). The van der Waals surface area contributed by atoms with Crippen LogP contribution >= 0.6 is 0 Å². The molecule has 0 aliphatic heterocycles. The van der Waals surface area contributed by atoms with Gasteiger partial charge in [-0.2, -0.15) is 0 Å². The molecule has 0 saturated carbocycles. The monoisotopic (exact) mass is 257 g/mol. The Morgan fingerprint density at radius 2 is 1.89 bits per heavy atom. The second kappa shape index (κ2) is 4.47. The third kappa shape index (κ3) is 2.31. The van der Waals surface area contributed by atoms with E-state index in [9.17, 15) is 23.3 Å². The molecule has 0 radical (unpaired) electrons. The van der Waals surface area contributed by atoms with Crippen LogP contribution in [0.4, 0.5) is 19.0 Å². The van der Waals surface area contributed by atoms with Crippen LogP contribution in [0.5, 0.6) is 0 Å². The van der Waals surface area contributed by atoms with Gasteiger partial charge < -0.3 is 14.7 Å². The minimum Gasteiger partial charge on any atom is -0.358 e. The van der Waals surface area contributed by atoms with E-state index in [1.807, 2.05) is 0 Å². The van der Waals surface area contributed by atoms with Gasteiger partial charge in [-0.15, -0.1) is 0 Å². The molecule has 18 heavy (non-hydrogen) atoms. The van der Waals surface area contributed by atoms with Gasteiger partial charge in [0.05, 0.1) is 6.54 Å². The van der Waals surface area contributed by atoms with Crippen LogP contribution in [0.2, 0.25) is 0 Å². The quantitative estimate of drug-likeness (QED) is 0.481. The summed E-state index contributed by atoms with van der Waals surface area (Å²) in [6.45, 7) is -0.0467. The van der Waals surface area contributed by atoms with Crippen molar-refractivity contribution in [1.29, 1.82) is 0 Å². The fourth-order valence-corrected chi connectivity index (χ4v) is 1.44. The second-order valence-electron chi connectivity index (χ2n) is 3.53. The number of benzene rings is 1. The van der Waals surface area contributed by atoms with Crippen LogP contribution in [-0.4, -0.2) is 14.5 Å². The highest BCUT2D eigenvalue weighted by Gasteiger charge is 2.13. The Balaban J connectivity index is 2.25. The molecule has 0 N–H and O–H groups in total. The second-order valence-corrected chi connectivity index (χ2v) is 3.53. The molecule has 0 aliphatic carbocycles. The van der Waals surface area contributed by atoms with Gasteiger partial charge in [-0.1, -0.05) is 0 Å². The normalized spacial score (nSPS) is 10.6. The third-order valence-corrected chi connectivity index (χ3v) is 2.22. The first-order chi connectivity index (χ1) is 8.47. The number of imidazole rings is 1. The molecular formula is C10H6F3N3O2. The Bertz CT molecular complexity index is 589. The van der Waals surface area contributed by atoms with Gasteiger partial charge in [-0.05, 0) is 27.6 Å². The van der Waals surface area contributed by atoms with E-state index in [4.69, 9.17) is 0 Å². The summed E-state index contributed by atoms with van der Waals surface area (Å²) in [5.74, 6) is -4.53. The molecule has 0 aliphatic rings. The summed E-state index contributed by atoms with van der Waals surface area (Å²) in [4.78, 5) is 13.2. The van der Waals surface area contributed by atoms with Crippen LogP contribution in [0.15, 0.2) is 24.7 Å². The van der Waals surface area contributed by atoms with Crippen molar-refractivity contribution in [3.63, 3.8) is 0 Å². The van der Waals surface area contributed by atoms with Crippen LogP contribution in [0.3, 0.4) is 0 Å². The number of rotatable bonds is 3. The van der Waals surface area contributed by atoms with E-state index < -0.39 is 22.4 Å². The molecule has 0 spiro atoms. The van der Waals surface area contributed by atoms with Crippen molar-refractivity contribution < 1.29 is 18.1 Å². The molecule has 1 heterocycles. The summed E-state index contributed by atoms with van der Waals surface area (Å²) in [5.41, 5.74) is 0.138. The molecule has 94 valence electrons. The lowest BCUT2D eigenvalue weighted by Gasteiger charge is -2.03. The molecule has 0 bridgehead atoms. The summed E-state index contributed by atoms with van der Waals surface area (Å²) in [7, 11) is 0. The minimum absolute atomic E-state index is 0.0467. The molecule has 2 aromatic rings. The molecule has 0 saturated heterocycles. The SMILES string of the molecule is O=[N+]([O-])c1cn(Cc2cc(F)c(F)c(F)c2)cn1. The molecule has 1 aromatic heterocycles. The van der Waals surface area contributed by atoms with E-state index in [0.29, 0.717) is 0 Å². The van der Waals surface area contributed by atoms with Gasteiger partial charge in [-0.25, -0.2) is 13.2 Å². The van der Waals surface area contributed by atoms with E-state index in [2.05, 4.69) is 4.98 Å². The molecule has 5 nitrogen and oxygen atoms in total. The van der Waals surface area contributed by atoms with Gasteiger partial charge in [0.25, 0.3) is 0 Å². The number of hydrogen-bond acceptors (Lipinski definition) is 3. The molecule has 1 aromatic carbocycles. The van der Waals surface area contributed by atoms with Gasteiger partial charge in [0.2, 0.25) is 6.33 Å². The Kier molecular flexibility index (Phi) is 3.00. The first kappa shape index (κ1) is 12.1. The highest BCUT2D eigenvalue weighted by molar-refractivity contribution is 5.21. The van der Waals surface area contributed by atoms with Crippen molar-refractivity contribution in [3.8, 4) is 0 Å². The molecule has 0 amide bonds. The average molecular weight is 257 g/mol. The summed E-state index contributed by atoms with van der Waals surface area (Å²) >= 11 is 0. The van der Waals surface area contributed by atoms with Crippen molar-refractivity contribution in [2.24, 2.45) is 0 Å². The Hall–Kier alpha value is -2.38. The first-order valence-electron chi connectivity index (χ1n) is 4.77. The van der Waals surface area contributed by atoms with Crippen molar-refractivity contribution >= 4 is 5.82 Å². The van der Waals surface area contributed by atoms with Gasteiger partial charge >= 0.3 is 5.82 Å². The maximum Gasteiger partial charge on any atom is 0.381 e. The zero-order valence-corrected chi connectivity index (χ0v) is 8.81. The van der Waals surface area contributed by atoms with Crippen LogP contribution < -0.4 is 0 Å². The summed E-state index contributed by atoms with van der Waals surface area (Å²) < 4.78 is 39.8. The molecule has 0 unspecified atom stereocenters. The predicted octanol–water partition coefficient (Wildman–Crippen LogP) is 2.26. The van der Waals surface area contributed by atoms with E-state index >= 15 is 0 Å². The average Bonchev–Trinajstić information content (AvgIpc) is 2.74. The van der Waals surface area contributed by atoms with Gasteiger partial charge in [-0.3, -0.25) is 0 Å². The summed E-state index contributed by atoms with van der Waals surface area (Å²) in [5, 5.41) is 10.4. The number of nitrogens with zero attached hydrogens (tertiary/aromatic N) is 3. The van der Waals surface area contributed by atoms with Crippen molar-refractivity contribution in [3.05, 3.63) is 57.8 Å². The zero-order chi connectivity index (χ0) is 13.3. The molecule has 0 fully saturated rings. The lowest BCUT2D eigenvalue weighted by molar-refractivity contribution is -0.389. The van der Waals surface area contributed by atoms with E-state index in [-0.39, 0.29) is 17.9 Å².